The summed E-state index contributed by atoms with van der Waals surface area (Å²) in [5, 5.41) is 0. The Bertz CT molecular complexity index is 129. The van der Waals surface area contributed by atoms with E-state index < -0.39 is 0 Å². The quantitative estimate of drug-likeness (QED) is 0.456. The minimum atomic E-state index is 0.458. The van der Waals surface area contributed by atoms with Crippen molar-refractivity contribution in [2.24, 2.45) is 5.92 Å². The summed E-state index contributed by atoms with van der Waals surface area (Å²) < 4.78 is 0. The molecule has 0 atom stereocenters. The molecule has 10 heavy (non-hydrogen) atoms. The summed E-state index contributed by atoms with van der Waals surface area (Å²) in [6.45, 7) is 8.68. The van der Waals surface area contributed by atoms with Crippen molar-refractivity contribution in [2.75, 3.05) is 13.6 Å². The summed E-state index contributed by atoms with van der Waals surface area (Å²) in [6, 6.07) is 0. The highest BCUT2D eigenvalue weighted by Gasteiger charge is 2.05. The van der Waals surface area contributed by atoms with Gasteiger partial charge in [-0.05, 0) is 0 Å². The van der Waals surface area contributed by atoms with Crippen LogP contribution in [0.25, 0.3) is 0 Å². The summed E-state index contributed by atoms with van der Waals surface area (Å²) in [5.74, 6) is 0.458. The van der Waals surface area contributed by atoms with Crippen molar-refractivity contribution in [1.82, 2.24) is 4.90 Å². The molecule has 0 spiro atoms. The normalized spacial score (nSPS) is 9.60. The van der Waals surface area contributed by atoms with Crippen molar-refractivity contribution in [3.8, 4) is 0 Å². The molecule has 0 heterocycles. The third kappa shape index (κ3) is 2.97. The van der Waals surface area contributed by atoms with Gasteiger partial charge in [0, 0.05) is 19.5 Å². The van der Waals surface area contributed by atoms with Crippen molar-refractivity contribution in [1.29, 1.82) is 0 Å². The van der Waals surface area contributed by atoms with Gasteiger partial charge in [-0.3, -0.25) is 0 Å². The third-order valence-corrected chi connectivity index (χ3v) is 2.06. The predicted molar refractivity (Wildman–Crippen MR) is 50.3 cm³/mol. The van der Waals surface area contributed by atoms with Crippen LogP contribution < -0.4 is 0 Å². The number of nitrogens with zero attached hydrogens (tertiary/aromatic N) is 1. The van der Waals surface area contributed by atoms with Gasteiger partial charge in [-0.1, -0.05) is 32.1 Å². The van der Waals surface area contributed by atoms with Gasteiger partial charge in [0.25, 0.3) is 0 Å². The fourth-order valence-corrected chi connectivity index (χ4v) is 0.799. The van der Waals surface area contributed by atoms with E-state index in [1.165, 1.54) is 0 Å². The standard InChI is InChI=1S/C8H15NS/c1-5-6-9(4)8(10)7(2)3/h5,7H,1,6H2,2-4H3. The van der Waals surface area contributed by atoms with Crippen LogP contribution in [0.2, 0.25) is 0 Å². The minimum Gasteiger partial charge on any atom is -0.365 e. The lowest BCUT2D eigenvalue weighted by Crippen LogP contribution is -2.28. The number of hydrogen-bond acceptors (Lipinski definition) is 1. The van der Waals surface area contributed by atoms with E-state index in [-0.39, 0.29) is 0 Å². The van der Waals surface area contributed by atoms with Gasteiger partial charge in [-0.15, -0.1) is 6.58 Å². The molecule has 0 aromatic rings. The van der Waals surface area contributed by atoms with Crippen LogP contribution in [0.4, 0.5) is 0 Å². The monoisotopic (exact) mass is 157 g/mol. The van der Waals surface area contributed by atoms with Gasteiger partial charge in [0.1, 0.15) is 0 Å². The lowest BCUT2D eigenvalue weighted by molar-refractivity contribution is 0.541. The maximum absolute atomic E-state index is 5.14. The molecule has 0 unspecified atom stereocenters. The lowest BCUT2D eigenvalue weighted by atomic mass is 10.2. The average Bonchev–Trinajstić information content (AvgIpc) is 1.87. The van der Waals surface area contributed by atoms with E-state index in [0.717, 1.165) is 11.5 Å². The molecule has 0 aliphatic heterocycles. The Hall–Kier alpha value is -0.370. The van der Waals surface area contributed by atoms with Crippen molar-refractivity contribution in [3.63, 3.8) is 0 Å². The zero-order chi connectivity index (χ0) is 8.15. The highest BCUT2D eigenvalue weighted by atomic mass is 32.1. The van der Waals surface area contributed by atoms with E-state index in [1.807, 2.05) is 18.0 Å². The Morgan fingerprint density at radius 2 is 2.20 bits per heavy atom. The number of thiocarbonyl (C=S) groups is 1. The molecule has 0 aliphatic carbocycles. The van der Waals surface area contributed by atoms with E-state index in [4.69, 9.17) is 12.2 Å². The molecule has 0 fully saturated rings. The van der Waals surface area contributed by atoms with Crippen molar-refractivity contribution >= 4 is 17.2 Å². The van der Waals surface area contributed by atoms with Gasteiger partial charge in [0.15, 0.2) is 0 Å². The van der Waals surface area contributed by atoms with Gasteiger partial charge in [-0.25, -0.2) is 0 Å². The summed E-state index contributed by atoms with van der Waals surface area (Å²) in [6.07, 6.45) is 1.86. The molecule has 0 saturated heterocycles. The Morgan fingerprint density at radius 1 is 1.70 bits per heavy atom. The topological polar surface area (TPSA) is 3.24 Å². The van der Waals surface area contributed by atoms with E-state index >= 15 is 0 Å². The van der Waals surface area contributed by atoms with Gasteiger partial charge < -0.3 is 4.90 Å². The first-order chi connectivity index (χ1) is 4.59. The fraction of sp³-hybridized carbons (Fsp3) is 0.625. The van der Waals surface area contributed by atoms with Gasteiger partial charge in [0.2, 0.25) is 0 Å². The number of likely N-dealkylation sites (N-methyl/N-ethyl adjacent to an activating group) is 1. The largest absolute Gasteiger partial charge is 0.365 e. The molecule has 0 amide bonds. The third-order valence-electron chi connectivity index (χ3n) is 1.27. The van der Waals surface area contributed by atoms with E-state index in [0.29, 0.717) is 5.92 Å². The second-order valence-electron chi connectivity index (χ2n) is 2.66. The molecule has 0 N–H and O–H groups in total. The molecular weight excluding hydrogens is 142 g/mol. The van der Waals surface area contributed by atoms with Crippen LogP contribution in [0, 0.1) is 5.92 Å². The second kappa shape index (κ2) is 4.45. The van der Waals surface area contributed by atoms with E-state index in [1.54, 1.807) is 0 Å². The molecule has 0 saturated carbocycles. The van der Waals surface area contributed by atoms with E-state index in [2.05, 4.69) is 20.4 Å². The summed E-state index contributed by atoms with van der Waals surface area (Å²) >= 11 is 5.14. The van der Waals surface area contributed by atoms with Crippen molar-refractivity contribution in [3.05, 3.63) is 12.7 Å². The minimum absolute atomic E-state index is 0.458. The number of hydrogen-bond donors (Lipinski definition) is 0. The van der Waals surface area contributed by atoms with Crippen LogP contribution in [0.15, 0.2) is 12.7 Å². The Balaban J connectivity index is 3.81. The van der Waals surface area contributed by atoms with Gasteiger partial charge >= 0.3 is 0 Å². The molecule has 0 radical (unpaired) electrons. The van der Waals surface area contributed by atoms with Crippen LogP contribution in [-0.2, 0) is 0 Å². The van der Waals surface area contributed by atoms with Crippen LogP contribution in [-0.4, -0.2) is 23.5 Å². The molecule has 1 nitrogen and oxygen atoms in total. The van der Waals surface area contributed by atoms with Crippen LogP contribution in [0.3, 0.4) is 0 Å². The predicted octanol–water partition coefficient (Wildman–Crippen LogP) is 2.09. The van der Waals surface area contributed by atoms with Gasteiger partial charge in [0.05, 0.1) is 4.99 Å². The van der Waals surface area contributed by atoms with Crippen LogP contribution >= 0.6 is 12.2 Å². The van der Waals surface area contributed by atoms with Gasteiger partial charge in [-0.2, -0.15) is 0 Å². The molecule has 0 aromatic heterocycles. The zero-order valence-corrected chi connectivity index (χ0v) is 7.74. The van der Waals surface area contributed by atoms with E-state index in [9.17, 15) is 0 Å². The van der Waals surface area contributed by atoms with Crippen LogP contribution in [0.1, 0.15) is 13.8 Å². The first kappa shape index (κ1) is 9.63. The Labute approximate surface area is 68.7 Å². The highest BCUT2D eigenvalue weighted by molar-refractivity contribution is 7.80. The average molecular weight is 157 g/mol. The van der Waals surface area contributed by atoms with Crippen molar-refractivity contribution < 1.29 is 0 Å². The first-order valence-electron chi connectivity index (χ1n) is 3.45. The van der Waals surface area contributed by atoms with Crippen molar-refractivity contribution in [2.45, 2.75) is 13.8 Å². The maximum atomic E-state index is 5.14. The molecule has 0 aromatic carbocycles. The fourth-order valence-electron chi connectivity index (χ4n) is 0.724. The SMILES string of the molecule is C=CCN(C)C(=S)C(C)C. The molecule has 0 rings (SSSR count). The Morgan fingerprint density at radius 3 is 2.50 bits per heavy atom. The maximum Gasteiger partial charge on any atom is 0.0805 e. The highest BCUT2D eigenvalue weighted by Crippen LogP contribution is 2.00. The molecular formula is C8H15NS. The summed E-state index contributed by atoms with van der Waals surface area (Å²) in [7, 11) is 1.99. The molecule has 58 valence electrons. The number of rotatable bonds is 3. The molecule has 2 heteroatoms. The molecule has 0 bridgehead atoms. The van der Waals surface area contributed by atoms with Crippen LogP contribution in [0.5, 0.6) is 0 Å². The lowest BCUT2D eigenvalue weighted by Gasteiger charge is -2.20. The Kier molecular flexibility index (Phi) is 4.28. The summed E-state index contributed by atoms with van der Waals surface area (Å²) in [5.41, 5.74) is 0. The summed E-state index contributed by atoms with van der Waals surface area (Å²) in [4.78, 5) is 3.03. The molecule has 0 aliphatic rings. The second-order valence-corrected chi connectivity index (χ2v) is 3.08. The zero-order valence-electron chi connectivity index (χ0n) is 6.92. The first-order valence-corrected chi connectivity index (χ1v) is 3.86. The smallest absolute Gasteiger partial charge is 0.0805 e.